The molecule has 0 aliphatic heterocycles. The second kappa shape index (κ2) is 6.48. The van der Waals surface area contributed by atoms with Crippen molar-refractivity contribution < 1.29 is 14.5 Å². The topological polar surface area (TPSA) is 93.8 Å². The molecule has 0 aliphatic carbocycles. The van der Waals surface area contributed by atoms with Gasteiger partial charge < -0.3 is 4.74 Å². The fourth-order valence-corrected chi connectivity index (χ4v) is 1.32. The molecule has 0 saturated heterocycles. The quantitative estimate of drug-likeness (QED) is 0.381. The zero-order chi connectivity index (χ0) is 14.4. The molecule has 0 fully saturated rings. The smallest absolute Gasteiger partial charge is 0.354 e. The van der Waals surface area contributed by atoms with Gasteiger partial charge in [-0.3, -0.25) is 15.5 Å². The van der Waals surface area contributed by atoms with Crippen molar-refractivity contribution in [3.8, 4) is 0 Å². The summed E-state index contributed by atoms with van der Waals surface area (Å²) in [4.78, 5) is 21.6. The molecule has 7 heteroatoms. The van der Waals surface area contributed by atoms with Crippen LogP contribution in [0.2, 0.25) is 0 Å². The molecule has 0 spiro atoms. The second-order valence-electron chi connectivity index (χ2n) is 3.81. The number of ether oxygens (including phenoxy) is 1. The number of hydrogen-bond acceptors (Lipinski definition) is 6. The number of esters is 1. The van der Waals surface area contributed by atoms with Gasteiger partial charge in [-0.15, -0.1) is 0 Å². The Balaban J connectivity index is 2.93. The predicted molar refractivity (Wildman–Crippen MR) is 71.2 cm³/mol. The van der Waals surface area contributed by atoms with Crippen LogP contribution in [-0.2, 0) is 9.53 Å². The van der Waals surface area contributed by atoms with Crippen molar-refractivity contribution in [3.05, 3.63) is 33.9 Å². The van der Waals surface area contributed by atoms with E-state index in [1.807, 2.05) is 0 Å². The average Bonchev–Trinajstić information content (AvgIpc) is 2.35. The van der Waals surface area contributed by atoms with Gasteiger partial charge in [-0.05, 0) is 32.4 Å². The monoisotopic (exact) mass is 265 g/mol. The Labute approximate surface area is 110 Å². The molecule has 0 radical (unpaired) electrons. The largest absolute Gasteiger partial charge is 0.461 e. The fraction of sp³-hybridized carbons (Fsp3) is 0.333. The Morgan fingerprint density at radius 3 is 2.79 bits per heavy atom. The SMILES string of the molecule is CCOC(=O)/C(C)=N/Nc1cc(C)ccc1[N+](=O)[O-]. The first-order chi connectivity index (χ1) is 8.95. The molecule has 1 aromatic carbocycles. The van der Waals surface area contributed by atoms with Crippen LogP contribution < -0.4 is 5.43 Å². The molecule has 1 rings (SSSR count). The maximum absolute atomic E-state index is 11.3. The number of hydrogen-bond donors (Lipinski definition) is 1. The van der Waals surface area contributed by atoms with Crippen LogP contribution in [-0.4, -0.2) is 23.2 Å². The molecule has 1 aromatic rings. The van der Waals surface area contributed by atoms with E-state index in [2.05, 4.69) is 10.5 Å². The van der Waals surface area contributed by atoms with Gasteiger partial charge in [0.05, 0.1) is 11.5 Å². The number of hydrazone groups is 1. The van der Waals surface area contributed by atoms with E-state index in [0.29, 0.717) is 0 Å². The standard InChI is InChI=1S/C12H15N3O4/c1-4-19-12(16)9(3)13-14-10-7-8(2)5-6-11(10)15(17)18/h5-7,14H,4H2,1-3H3/b13-9+. The molecular weight excluding hydrogens is 250 g/mol. The molecule has 0 aliphatic rings. The van der Waals surface area contributed by atoms with E-state index in [-0.39, 0.29) is 23.7 Å². The Hall–Kier alpha value is -2.44. The van der Waals surface area contributed by atoms with Gasteiger partial charge in [-0.2, -0.15) is 5.10 Å². The minimum absolute atomic E-state index is 0.0951. The second-order valence-corrected chi connectivity index (χ2v) is 3.81. The number of carbonyl (C=O) groups is 1. The van der Waals surface area contributed by atoms with Crippen molar-refractivity contribution in [2.75, 3.05) is 12.0 Å². The highest BCUT2D eigenvalue weighted by molar-refractivity contribution is 6.35. The van der Waals surface area contributed by atoms with Crippen molar-refractivity contribution in [1.29, 1.82) is 0 Å². The van der Waals surface area contributed by atoms with Crippen LogP contribution in [0.5, 0.6) is 0 Å². The average molecular weight is 265 g/mol. The third-order valence-electron chi connectivity index (χ3n) is 2.26. The van der Waals surface area contributed by atoms with Crippen LogP contribution in [0, 0.1) is 17.0 Å². The summed E-state index contributed by atoms with van der Waals surface area (Å²) < 4.78 is 4.75. The molecule has 7 nitrogen and oxygen atoms in total. The van der Waals surface area contributed by atoms with E-state index in [4.69, 9.17) is 4.74 Å². The van der Waals surface area contributed by atoms with E-state index in [1.54, 1.807) is 26.0 Å². The molecule has 1 N–H and O–H groups in total. The molecule has 0 amide bonds. The van der Waals surface area contributed by atoms with Gasteiger partial charge in [-0.1, -0.05) is 6.07 Å². The molecule has 102 valence electrons. The number of nitrogens with zero attached hydrogens (tertiary/aromatic N) is 2. The van der Waals surface area contributed by atoms with Crippen molar-refractivity contribution in [2.45, 2.75) is 20.8 Å². The third-order valence-corrected chi connectivity index (χ3v) is 2.26. The maximum Gasteiger partial charge on any atom is 0.354 e. The summed E-state index contributed by atoms with van der Waals surface area (Å²) >= 11 is 0. The lowest BCUT2D eigenvalue weighted by molar-refractivity contribution is -0.384. The number of nitro benzene ring substituents is 1. The number of benzene rings is 1. The predicted octanol–water partition coefficient (Wildman–Crippen LogP) is 2.25. The highest BCUT2D eigenvalue weighted by Gasteiger charge is 2.13. The van der Waals surface area contributed by atoms with Crippen LogP contribution in [0.15, 0.2) is 23.3 Å². The lowest BCUT2D eigenvalue weighted by Crippen LogP contribution is -2.15. The van der Waals surface area contributed by atoms with Gasteiger partial charge in [0.15, 0.2) is 0 Å². The first-order valence-electron chi connectivity index (χ1n) is 5.68. The first-order valence-corrected chi connectivity index (χ1v) is 5.68. The van der Waals surface area contributed by atoms with Gasteiger partial charge in [0.1, 0.15) is 11.4 Å². The fourth-order valence-electron chi connectivity index (χ4n) is 1.32. The van der Waals surface area contributed by atoms with E-state index >= 15 is 0 Å². The third kappa shape index (κ3) is 4.06. The highest BCUT2D eigenvalue weighted by Crippen LogP contribution is 2.25. The summed E-state index contributed by atoms with van der Waals surface area (Å²) in [5.74, 6) is -0.565. The number of carbonyl (C=O) groups excluding carboxylic acids is 1. The summed E-state index contributed by atoms with van der Waals surface area (Å²) in [5.41, 5.74) is 3.58. The van der Waals surface area contributed by atoms with Gasteiger partial charge in [-0.25, -0.2) is 4.79 Å². The number of aryl methyl sites for hydroxylation is 1. The number of nitrogens with one attached hydrogen (secondary N) is 1. The maximum atomic E-state index is 11.3. The minimum Gasteiger partial charge on any atom is -0.461 e. The summed E-state index contributed by atoms with van der Waals surface area (Å²) in [6, 6.07) is 4.60. The van der Waals surface area contributed by atoms with Crippen molar-refractivity contribution in [3.63, 3.8) is 0 Å². The van der Waals surface area contributed by atoms with Crippen LogP contribution in [0.25, 0.3) is 0 Å². The van der Waals surface area contributed by atoms with E-state index in [9.17, 15) is 14.9 Å². The molecule has 0 unspecified atom stereocenters. The molecule has 0 saturated carbocycles. The Kier molecular flexibility index (Phi) is 4.99. The molecule has 0 atom stereocenters. The highest BCUT2D eigenvalue weighted by atomic mass is 16.6. The summed E-state index contributed by atoms with van der Waals surface area (Å²) in [6.07, 6.45) is 0. The van der Waals surface area contributed by atoms with E-state index in [1.165, 1.54) is 13.0 Å². The zero-order valence-electron chi connectivity index (χ0n) is 11.0. The van der Waals surface area contributed by atoms with Crippen molar-refractivity contribution in [2.24, 2.45) is 5.10 Å². The Morgan fingerprint density at radius 2 is 2.21 bits per heavy atom. The van der Waals surface area contributed by atoms with E-state index < -0.39 is 10.9 Å². The normalized spacial score (nSPS) is 11.0. The Bertz CT molecular complexity index is 526. The zero-order valence-corrected chi connectivity index (χ0v) is 11.0. The van der Waals surface area contributed by atoms with E-state index in [0.717, 1.165) is 5.56 Å². The first kappa shape index (κ1) is 14.6. The van der Waals surface area contributed by atoms with Crippen LogP contribution in [0.4, 0.5) is 11.4 Å². The number of rotatable bonds is 5. The van der Waals surface area contributed by atoms with Gasteiger partial charge in [0.2, 0.25) is 0 Å². The summed E-state index contributed by atoms with van der Waals surface area (Å²) in [5, 5.41) is 14.6. The van der Waals surface area contributed by atoms with Crippen molar-refractivity contribution >= 4 is 23.1 Å². The molecule has 0 heterocycles. The summed E-state index contributed by atoms with van der Waals surface area (Å²) in [6.45, 7) is 5.20. The van der Waals surface area contributed by atoms with Crippen LogP contribution in [0.1, 0.15) is 19.4 Å². The molecular formula is C12H15N3O4. The Morgan fingerprint density at radius 1 is 1.53 bits per heavy atom. The lowest BCUT2D eigenvalue weighted by atomic mass is 10.2. The van der Waals surface area contributed by atoms with Gasteiger partial charge in [0, 0.05) is 6.07 Å². The molecule has 0 bridgehead atoms. The van der Waals surface area contributed by atoms with Crippen molar-refractivity contribution in [1.82, 2.24) is 0 Å². The number of nitro groups is 1. The minimum atomic E-state index is -0.565. The number of anilines is 1. The molecule has 0 aromatic heterocycles. The van der Waals surface area contributed by atoms with Crippen LogP contribution >= 0.6 is 0 Å². The van der Waals surface area contributed by atoms with Crippen LogP contribution in [0.3, 0.4) is 0 Å². The molecule has 19 heavy (non-hydrogen) atoms. The van der Waals surface area contributed by atoms with Gasteiger partial charge >= 0.3 is 5.97 Å². The lowest BCUT2D eigenvalue weighted by Gasteiger charge is -2.05. The van der Waals surface area contributed by atoms with Gasteiger partial charge in [0.25, 0.3) is 5.69 Å². The summed E-state index contributed by atoms with van der Waals surface area (Å²) in [7, 11) is 0.